The predicted molar refractivity (Wildman–Crippen MR) is 102 cm³/mol. The summed E-state index contributed by atoms with van der Waals surface area (Å²) >= 11 is 1.62. The quantitative estimate of drug-likeness (QED) is 0.760. The fourth-order valence-electron chi connectivity index (χ4n) is 2.80. The zero-order chi connectivity index (χ0) is 18.1. The first-order valence-electron chi connectivity index (χ1n) is 8.39. The van der Waals surface area contributed by atoms with Crippen molar-refractivity contribution >= 4 is 17.5 Å². The van der Waals surface area contributed by atoms with Crippen molar-refractivity contribution in [2.75, 3.05) is 6.61 Å². The molecule has 3 aromatic rings. The Morgan fingerprint density at radius 2 is 1.73 bits per heavy atom. The minimum absolute atomic E-state index is 0.143. The maximum Gasteiger partial charge on any atom is 0.213 e. The van der Waals surface area contributed by atoms with Crippen molar-refractivity contribution in [3.63, 3.8) is 0 Å². The lowest BCUT2D eigenvalue weighted by Gasteiger charge is -2.20. The molecule has 0 aliphatic carbocycles. The highest BCUT2D eigenvalue weighted by Gasteiger charge is 2.26. The summed E-state index contributed by atoms with van der Waals surface area (Å²) in [5.74, 6) is 1.76. The van der Waals surface area contributed by atoms with Crippen molar-refractivity contribution < 1.29 is 9.84 Å². The Hall–Kier alpha value is -2.80. The average Bonchev–Trinajstić information content (AvgIpc) is 3.05. The third-order valence-corrected chi connectivity index (χ3v) is 5.12. The lowest BCUT2D eigenvalue weighted by atomic mass is 10.1. The van der Waals surface area contributed by atoms with E-state index in [-0.39, 0.29) is 11.0 Å². The van der Waals surface area contributed by atoms with Gasteiger partial charge in [-0.1, -0.05) is 11.8 Å². The van der Waals surface area contributed by atoms with E-state index in [1.54, 1.807) is 28.6 Å². The van der Waals surface area contributed by atoms with E-state index in [1.165, 1.54) is 0 Å². The number of nitrogens with zero attached hydrogens (tertiary/aromatic N) is 4. The van der Waals surface area contributed by atoms with Gasteiger partial charge in [0.2, 0.25) is 5.16 Å². The molecule has 0 saturated heterocycles. The second-order valence-electron chi connectivity index (χ2n) is 5.87. The third-order valence-electron chi connectivity index (χ3n) is 4.07. The molecule has 6 nitrogen and oxygen atoms in total. The Kier molecular flexibility index (Phi) is 4.38. The molecule has 0 unspecified atom stereocenters. The van der Waals surface area contributed by atoms with Crippen LogP contribution < -0.4 is 4.74 Å². The van der Waals surface area contributed by atoms with Gasteiger partial charge in [0, 0.05) is 5.56 Å². The number of hydrogen-bond acceptors (Lipinski definition) is 6. The van der Waals surface area contributed by atoms with E-state index in [0.29, 0.717) is 12.4 Å². The van der Waals surface area contributed by atoms with Crippen LogP contribution in [0.4, 0.5) is 0 Å². The highest BCUT2D eigenvalue weighted by Crippen LogP contribution is 2.33. The number of aromatic hydroxyl groups is 1. The van der Waals surface area contributed by atoms with E-state index in [9.17, 15) is 5.11 Å². The van der Waals surface area contributed by atoms with E-state index in [2.05, 4.69) is 17.1 Å². The number of aromatic nitrogens is 3. The van der Waals surface area contributed by atoms with Crippen LogP contribution in [-0.4, -0.2) is 37.5 Å². The van der Waals surface area contributed by atoms with Gasteiger partial charge in [0.05, 0.1) is 17.6 Å². The molecule has 2 aromatic carbocycles. The number of ether oxygens (including phenoxy) is 1. The summed E-state index contributed by atoms with van der Waals surface area (Å²) in [6, 6.07) is 14.8. The van der Waals surface area contributed by atoms with Crippen molar-refractivity contribution in [2.24, 2.45) is 5.10 Å². The summed E-state index contributed by atoms with van der Waals surface area (Å²) in [6.45, 7) is 4.68. The van der Waals surface area contributed by atoms with Crippen LogP contribution in [0.15, 0.2) is 58.8 Å². The van der Waals surface area contributed by atoms with Gasteiger partial charge in [0.25, 0.3) is 0 Å². The van der Waals surface area contributed by atoms with E-state index in [1.807, 2.05) is 43.3 Å². The minimum Gasteiger partial charge on any atom is -0.508 e. The minimum atomic E-state index is 0.143. The molecule has 0 fully saturated rings. The van der Waals surface area contributed by atoms with Crippen molar-refractivity contribution in [1.29, 1.82) is 0 Å². The molecule has 1 atom stereocenters. The molecule has 1 N–H and O–H groups in total. The van der Waals surface area contributed by atoms with Crippen LogP contribution in [-0.2, 0) is 0 Å². The average molecular weight is 366 g/mol. The molecule has 132 valence electrons. The van der Waals surface area contributed by atoms with Crippen LogP contribution in [0.25, 0.3) is 11.4 Å². The number of hydrogen-bond donors (Lipinski definition) is 1. The maximum atomic E-state index is 9.52. The Bertz CT molecular complexity index is 949. The predicted octanol–water partition coefficient (Wildman–Crippen LogP) is 3.80. The summed E-state index contributed by atoms with van der Waals surface area (Å²) in [5, 5.41) is 23.8. The SMILES string of the molecule is CCOc1ccc(-c2nnc3n2N=C(c2ccc(O)cc2)[C@H](C)S3)cc1. The maximum absolute atomic E-state index is 9.52. The van der Waals surface area contributed by atoms with Gasteiger partial charge in [0.1, 0.15) is 11.5 Å². The Balaban J connectivity index is 1.74. The van der Waals surface area contributed by atoms with Crippen molar-refractivity contribution in [1.82, 2.24) is 14.9 Å². The fourth-order valence-corrected chi connectivity index (χ4v) is 3.73. The smallest absolute Gasteiger partial charge is 0.213 e. The van der Waals surface area contributed by atoms with Gasteiger partial charge in [0.15, 0.2) is 5.82 Å². The summed E-state index contributed by atoms with van der Waals surface area (Å²) in [7, 11) is 0. The third kappa shape index (κ3) is 3.06. The molecule has 0 radical (unpaired) electrons. The molecule has 7 heteroatoms. The van der Waals surface area contributed by atoms with E-state index >= 15 is 0 Å². The highest BCUT2D eigenvalue weighted by molar-refractivity contribution is 8.00. The number of phenols is 1. The molecule has 0 spiro atoms. The van der Waals surface area contributed by atoms with Gasteiger partial charge in [-0.25, -0.2) is 0 Å². The van der Waals surface area contributed by atoms with Crippen LogP contribution in [0.2, 0.25) is 0 Å². The molecule has 0 bridgehead atoms. The number of benzene rings is 2. The Morgan fingerprint density at radius 3 is 2.42 bits per heavy atom. The topological polar surface area (TPSA) is 72.5 Å². The van der Waals surface area contributed by atoms with Crippen LogP contribution >= 0.6 is 11.8 Å². The fraction of sp³-hybridized carbons (Fsp3) is 0.211. The second kappa shape index (κ2) is 6.84. The molecule has 4 rings (SSSR count). The van der Waals surface area contributed by atoms with Gasteiger partial charge < -0.3 is 9.84 Å². The molecule has 1 aliphatic rings. The lowest BCUT2D eigenvalue weighted by Crippen LogP contribution is -2.21. The van der Waals surface area contributed by atoms with Crippen molar-refractivity contribution in [3.05, 3.63) is 54.1 Å². The molecular weight excluding hydrogens is 348 g/mol. The van der Waals surface area contributed by atoms with Gasteiger partial charge >= 0.3 is 0 Å². The van der Waals surface area contributed by atoms with Crippen LogP contribution in [0.1, 0.15) is 19.4 Å². The van der Waals surface area contributed by atoms with Gasteiger partial charge in [-0.15, -0.1) is 10.2 Å². The first-order chi connectivity index (χ1) is 12.7. The van der Waals surface area contributed by atoms with E-state index < -0.39 is 0 Å². The number of thioether (sulfide) groups is 1. The Labute approximate surface area is 155 Å². The summed E-state index contributed by atoms with van der Waals surface area (Å²) in [4.78, 5) is 0. The largest absolute Gasteiger partial charge is 0.508 e. The van der Waals surface area contributed by atoms with Gasteiger partial charge in [-0.2, -0.15) is 9.78 Å². The molecule has 0 amide bonds. The molecule has 1 aliphatic heterocycles. The first-order valence-corrected chi connectivity index (χ1v) is 9.27. The van der Waals surface area contributed by atoms with Crippen molar-refractivity contribution in [2.45, 2.75) is 24.3 Å². The number of rotatable bonds is 4. The summed E-state index contributed by atoms with van der Waals surface area (Å²) in [5.41, 5.74) is 2.82. The van der Waals surface area contributed by atoms with Crippen LogP contribution in [0, 0.1) is 0 Å². The number of fused-ring (bicyclic) bond motifs is 1. The van der Waals surface area contributed by atoms with E-state index in [0.717, 1.165) is 27.7 Å². The normalized spacial score (nSPS) is 16.1. The van der Waals surface area contributed by atoms with Crippen molar-refractivity contribution in [3.8, 4) is 22.9 Å². The van der Waals surface area contributed by atoms with E-state index in [4.69, 9.17) is 9.84 Å². The second-order valence-corrected chi connectivity index (χ2v) is 7.18. The van der Waals surface area contributed by atoms with Crippen LogP contribution in [0.3, 0.4) is 0 Å². The zero-order valence-corrected chi connectivity index (χ0v) is 15.3. The summed E-state index contributed by atoms with van der Waals surface area (Å²) < 4.78 is 7.27. The molecule has 1 aromatic heterocycles. The summed E-state index contributed by atoms with van der Waals surface area (Å²) in [6.07, 6.45) is 0. The van der Waals surface area contributed by atoms with Gasteiger partial charge in [-0.05, 0) is 67.9 Å². The Morgan fingerprint density at radius 1 is 1.04 bits per heavy atom. The molecule has 26 heavy (non-hydrogen) atoms. The molecular formula is C19H18N4O2S. The zero-order valence-electron chi connectivity index (χ0n) is 14.5. The first kappa shape index (κ1) is 16.7. The molecule has 2 heterocycles. The van der Waals surface area contributed by atoms with Crippen LogP contribution in [0.5, 0.6) is 11.5 Å². The lowest BCUT2D eigenvalue weighted by molar-refractivity contribution is 0.340. The monoisotopic (exact) mass is 366 g/mol. The van der Waals surface area contributed by atoms with Gasteiger partial charge in [-0.3, -0.25) is 0 Å². The highest BCUT2D eigenvalue weighted by atomic mass is 32.2. The molecule has 0 saturated carbocycles. The number of phenolic OH excluding ortho intramolecular Hbond substituents is 1. The standard InChI is InChI=1S/C19H18N4O2S/c1-3-25-16-10-6-14(7-11-16)18-20-21-19-23(18)22-17(12(2)26-19)13-4-8-15(24)9-5-13/h4-12,24H,3H2,1-2H3/t12-/m0/s1.